The lowest BCUT2D eigenvalue weighted by molar-refractivity contribution is 0.112. The predicted octanol–water partition coefficient (Wildman–Crippen LogP) is 4.02. The van der Waals surface area contributed by atoms with E-state index in [4.69, 9.17) is 11.6 Å². The van der Waals surface area contributed by atoms with Gasteiger partial charge < -0.3 is 0 Å². The zero-order valence-corrected chi connectivity index (χ0v) is 9.11. The van der Waals surface area contributed by atoms with Gasteiger partial charge in [-0.2, -0.15) is 0 Å². The van der Waals surface area contributed by atoms with Gasteiger partial charge in [0.2, 0.25) is 0 Å². The lowest BCUT2D eigenvalue weighted by atomic mass is 10.1. The quantitative estimate of drug-likeness (QED) is 0.725. The summed E-state index contributed by atoms with van der Waals surface area (Å²) in [5.41, 5.74) is 1.53. The maximum Gasteiger partial charge on any atom is 0.152 e. The molecule has 0 radical (unpaired) electrons. The number of benzene rings is 1. The first kappa shape index (κ1) is 10.3. The minimum absolute atomic E-state index is 0.0603. The smallest absolute Gasteiger partial charge is 0.152 e. The Kier molecular flexibility index (Phi) is 2.84. The van der Waals surface area contributed by atoms with Crippen molar-refractivity contribution in [2.75, 3.05) is 0 Å². The molecule has 0 bridgehead atoms. The molecule has 0 fully saturated rings. The Hall–Kier alpha value is -1.19. The number of hydrogen-bond donors (Lipinski definition) is 0. The van der Waals surface area contributed by atoms with Gasteiger partial charge in [-0.05, 0) is 29.1 Å². The van der Waals surface area contributed by atoms with E-state index in [-0.39, 0.29) is 5.56 Å². The van der Waals surface area contributed by atoms with Crippen LogP contribution in [0, 0.1) is 5.82 Å². The molecule has 15 heavy (non-hydrogen) atoms. The molecule has 0 atom stereocenters. The minimum atomic E-state index is -0.523. The van der Waals surface area contributed by atoms with E-state index < -0.39 is 5.82 Å². The maximum absolute atomic E-state index is 13.3. The number of rotatable bonds is 2. The molecule has 2 aromatic rings. The Morgan fingerprint density at radius 2 is 2.13 bits per heavy atom. The number of thiophene rings is 1. The molecule has 0 amide bonds. The molecule has 0 saturated heterocycles. The molecule has 0 saturated carbocycles. The van der Waals surface area contributed by atoms with E-state index in [1.165, 1.54) is 23.5 Å². The lowest BCUT2D eigenvalue weighted by Crippen LogP contribution is -1.87. The molecule has 1 heterocycles. The first-order chi connectivity index (χ1) is 7.22. The molecule has 0 aliphatic heterocycles. The van der Waals surface area contributed by atoms with Gasteiger partial charge in [-0.15, -0.1) is 11.3 Å². The number of carbonyl (C=O) groups is 1. The Balaban J connectivity index is 2.52. The van der Waals surface area contributed by atoms with Crippen molar-refractivity contribution in [2.24, 2.45) is 0 Å². The highest BCUT2D eigenvalue weighted by Gasteiger charge is 2.07. The highest BCUT2D eigenvalue weighted by Crippen LogP contribution is 2.32. The van der Waals surface area contributed by atoms with Gasteiger partial charge in [-0.3, -0.25) is 4.79 Å². The molecular formula is C11H6ClFOS. The van der Waals surface area contributed by atoms with Gasteiger partial charge in [-0.25, -0.2) is 4.39 Å². The van der Waals surface area contributed by atoms with Crippen LogP contribution in [0.5, 0.6) is 0 Å². The normalized spacial score (nSPS) is 10.3. The van der Waals surface area contributed by atoms with Crippen molar-refractivity contribution >= 4 is 29.2 Å². The second kappa shape index (κ2) is 4.13. The summed E-state index contributed by atoms with van der Waals surface area (Å²) in [4.78, 5) is 10.4. The second-order valence-corrected chi connectivity index (χ2v) is 4.48. The summed E-state index contributed by atoms with van der Waals surface area (Å²) in [6, 6.07) is 6.27. The van der Waals surface area contributed by atoms with Crippen molar-refractivity contribution < 1.29 is 9.18 Å². The summed E-state index contributed by atoms with van der Waals surface area (Å²) >= 11 is 7.32. The fourth-order valence-electron chi connectivity index (χ4n) is 1.29. The first-order valence-electron chi connectivity index (χ1n) is 4.20. The van der Waals surface area contributed by atoms with E-state index in [0.29, 0.717) is 16.2 Å². The summed E-state index contributed by atoms with van der Waals surface area (Å²) in [7, 11) is 0. The van der Waals surface area contributed by atoms with Crippen LogP contribution < -0.4 is 0 Å². The van der Waals surface area contributed by atoms with Crippen LogP contribution in [-0.2, 0) is 0 Å². The summed E-state index contributed by atoms with van der Waals surface area (Å²) in [5, 5.41) is 1.84. The van der Waals surface area contributed by atoms with Gasteiger partial charge in [-0.1, -0.05) is 17.7 Å². The fourth-order valence-corrected chi connectivity index (χ4v) is 2.25. The molecule has 0 N–H and O–H groups in total. The molecule has 4 heteroatoms. The van der Waals surface area contributed by atoms with Crippen LogP contribution in [0.25, 0.3) is 11.1 Å². The van der Waals surface area contributed by atoms with Crippen LogP contribution in [0.15, 0.2) is 29.6 Å². The van der Waals surface area contributed by atoms with Gasteiger partial charge in [0.15, 0.2) is 6.29 Å². The van der Waals surface area contributed by atoms with E-state index in [1.807, 2.05) is 11.4 Å². The Morgan fingerprint density at radius 3 is 2.67 bits per heavy atom. The molecule has 2 rings (SSSR count). The van der Waals surface area contributed by atoms with E-state index in [2.05, 4.69) is 0 Å². The zero-order valence-electron chi connectivity index (χ0n) is 7.54. The molecule has 0 spiro atoms. The largest absolute Gasteiger partial charge is 0.298 e. The zero-order chi connectivity index (χ0) is 10.8. The average molecular weight is 241 g/mol. The van der Waals surface area contributed by atoms with E-state index in [0.717, 1.165) is 5.56 Å². The summed E-state index contributed by atoms with van der Waals surface area (Å²) < 4.78 is 13.9. The van der Waals surface area contributed by atoms with Crippen molar-refractivity contribution in [1.29, 1.82) is 0 Å². The highest BCUT2D eigenvalue weighted by atomic mass is 35.5. The van der Waals surface area contributed by atoms with Gasteiger partial charge in [0.05, 0.1) is 5.56 Å². The molecule has 0 unspecified atom stereocenters. The number of hydrogen-bond acceptors (Lipinski definition) is 2. The van der Waals surface area contributed by atoms with E-state index in [9.17, 15) is 9.18 Å². The molecule has 1 aromatic heterocycles. The molecule has 1 aromatic carbocycles. The van der Waals surface area contributed by atoms with Gasteiger partial charge >= 0.3 is 0 Å². The van der Waals surface area contributed by atoms with Crippen LogP contribution in [0.4, 0.5) is 4.39 Å². The van der Waals surface area contributed by atoms with Crippen molar-refractivity contribution in [2.45, 2.75) is 0 Å². The Bertz CT molecular complexity index is 507. The SMILES string of the molecule is O=Cc1ccc(-c2ccsc2Cl)cc1F. The highest BCUT2D eigenvalue weighted by molar-refractivity contribution is 7.15. The van der Waals surface area contributed by atoms with Crippen LogP contribution in [0.3, 0.4) is 0 Å². The van der Waals surface area contributed by atoms with Crippen LogP contribution in [-0.4, -0.2) is 6.29 Å². The third-order valence-corrected chi connectivity index (χ3v) is 3.23. The summed E-state index contributed by atoms with van der Waals surface area (Å²) in [6.07, 6.45) is 0.494. The van der Waals surface area contributed by atoms with Gasteiger partial charge in [0, 0.05) is 5.56 Å². The van der Waals surface area contributed by atoms with Crippen LogP contribution in [0.1, 0.15) is 10.4 Å². The number of halogens is 2. The predicted molar refractivity (Wildman–Crippen MR) is 60.1 cm³/mol. The average Bonchev–Trinajstić information content (AvgIpc) is 2.64. The Labute approximate surface area is 95.1 Å². The van der Waals surface area contributed by atoms with E-state index in [1.54, 1.807) is 6.07 Å². The standard InChI is InChI=1S/C11H6ClFOS/c12-11-9(3-4-15-11)7-1-2-8(6-14)10(13)5-7/h1-6H. The summed E-state index contributed by atoms with van der Waals surface area (Å²) in [6.45, 7) is 0. The van der Waals surface area contributed by atoms with Crippen molar-refractivity contribution in [3.8, 4) is 11.1 Å². The molecular weight excluding hydrogens is 235 g/mol. The number of carbonyl (C=O) groups excluding carboxylic acids is 1. The van der Waals surface area contributed by atoms with Crippen molar-refractivity contribution in [3.63, 3.8) is 0 Å². The third kappa shape index (κ3) is 1.94. The lowest BCUT2D eigenvalue weighted by Gasteiger charge is -2.00. The Morgan fingerprint density at radius 1 is 1.33 bits per heavy atom. The van der Waals surface area contributed by atoms with Crippen LogP contribution >= 0.6 is 22.9 Å². The van der Waals surface area contributed by atoms with Gasteiger partial charge in [0.1, 0.15) is 10.2 Å². The summed E-state index contributed by atoms with van der Waals surface area (Å²) in [5.74, 6) is -0.523. The maximum atomic E-state index is 13.3. The monoisotopic (exact) mass is 240 g/mol. The molecule has 0 aliphatic rings. The third-order valence-electron chi connectivity index (χ3n) is 2.06. The molecule has 0 aliphatic carbocycles. The first-order valence-corrected chi connectivity index (χ1v) is 5.46. The number of aldehydes is 1. The second-order valence-electron chi connectivity index (χ2n) is 2.96. The van der Waals surface area contributed by atoms with E-state index >= 15 is 0 Å². The van der Waals surface area contributed by atoms with Crippen molar-refractivity contribution in [3.05, 3.63) is 45.4 Å². The van der Waals surface area contributed by atoms with Crippen LogP contribution in [0.2, 0.25) is 4.34 Å². The minimum Gasteiger partial charge on any atom is -0.298 e. The van der Waals surface area contributed by atoms with Gasteiger partial charge in [0.25, 0.3) is 0 Å². The fraction of sp³-hybridized carbons (Fsp3) is 0. The van der Waals surface area contributed by atoms with Crippen molar-refractivity contribution in [1.82, 2.24) is 0 Å². The molecule has 76 valence electrons. The topological polar surface area (TPSA) is 17.1 Å². The molecule has 1 nitrogen and oxygen atoms in total.